The number of hydrogen-bond acceptors (Lipinski definition) is 3. The van der Waals surface area contributed by atoms with Gasteiger partial charge in [-0.1, -0.05) is 6.07 Å². The topological polar surface area (TPSA) is 56.2 Å². The molecule has 0 amide bonds. The highest BCUT2D eigenvalue weighted by atomic mass is 19.1. The molecule has 5 heteroatoms. The second-order valence-corrected chi connectivity index (χ2v) is 3.25. The summed E-state index contributed by atoms with van der Waals surface area (Å²) in [5.74, 6) is -0.0973. The monoisotopic (exact) mass is 202 g/mol. The SMILES string of the molecule is Nc1nc2c(F)cccc2n2cncc12. The molecule has 15 heavy (non-hydrogen) atoms. The number of anilines is 1. The molecule has 2 aromatic heterocycles. The molecule has 0 spiro atoms. The predicted molar refractivity (Wildman–Crippen MR) is 54.9 cm³/mol. The largest absolute Gasteiger partial charge is 0.382 e. The van der Waals surface area contributed by atoms with Crippen LogP contribution in [0, 0.1) is 5.82 Å². The molecule has 3 aromatic rings. The van der Waals surface area contributed by atoms with Crippen molar-refractivity contribution < 1.29 is 4.39 Å². The highest BCUT2D eigenvalue weighted by Crippen LogP contribution is 2.20. The van der Waals surface area contributed by atoms with Crippen LogP contribution in [0.4, 0.5) is 10.2 Å². The zero-order chi connectivity index (χ0) is 10.4. The van der Waals surface area contributed by atoms with Crippen molar-refractivity contribution in [1.29, 1.82) is 0 Å². The van der Waals surface area contributed by atoms with Gasteiger partial charge >= 0.3 is 0 Å². The van der Waals surface area contributed by atoms with Crippen molar-refractivity contribution in [3.05, 3.63) is 36.5 Å². The summed E-state index contributed by atoms with van der Waals surface area (Å²) < 4.78 is 15.2. The Bertz CT molecular complexity index is 659. The van der Waals surface area contributed by atoms with Crippen LogP contribution in [-0.2, 0) is 0 Å². The van der Waals surface area contributed by atoms with Gasteiger partial charge in [-0.2, -0.15) is 0 Å². The summed E-state index contributed by atoms with van der Waals surface area (Å²) in [7, 11) is 0. The van der Waals surface area contributed by atoms with Gasteiger partial charge in [0.05, 0.1) is 18.0 Å². The fraction of sp³-hybridized carbons (Fsp3) is 0. The van der Waals surface area contributed by atoms with Crippen LogP contribution >= 0.6 is 0 Å². The Labute approximate surface area is 84.2 Å². The lowest BCUT2D eigenvalue weighted by Crippen LogP contribution is -1.98. The third-order valence-electron chi connectivity index (χ3n) is 2.36. The fourth-order valence-corrected chi connectivity index (χ4v) is 1.66. The molecular formula is C10H7FN4. The molecule has 2 heterocycles. The fourth-order valence-electron chi connectivity index (χ4n) is 1.66. The van der Waals surface area contributed by atoms with E-state index in [1.807, 2.05) is 0 Å². The Morgan fingerprint density at radius 2 is 2.13 bits per heavy atom. The van der Waals surface area contributed by atoms with Gasteiger partial charge in [0.2, 0.25) is 0 Å². The number of nitrogen functional groups attached to an aromatic ring is 1. The Morgan fingerprint density at radius 3 is 3.00 bits per heavy atom. The number of halogens is 1. The molecule has 0 saturated carbocycles. The Kier molecular flexibility index (Phi) is 1.45. The summed E-state index contributed by atoms with van der Waals surface area (Å²) in [6, 6.07) is 4.77. The van der Waals surface area contributed by atoms with E-state index >= 15 is 0 Å². The first-order chi connectivity index (χ1) is 7.27. The van der Waals surface area contributed by atoms with E-state index in [2.05, 4.69) is 9.97 Å². The molecule has 0 radical (unpaired) electrons. The number of fused-ring (bicyclic) bond motifs is 3. The summed E-state index contributed by atoms with van der Waals surface area (Å²) in [6.45, 7) is 0. The van der Waals surface area contributed by atoms with Crippen molar-refractivity contribution in [2.45, 2.75) is 0 Å². The van der Waals surface area contributed by atoms with E-state index in [4.69, 9.17) is 5.73 Å². The second-order valence-electron chi connectivity index (χ2n) is 3.25. The van der Waals surface area contributed by atoms with Crippen LogP contribution in [0.25, 0.3) is 16.6 Å². The molecule has 0 aliphatic heterocycles. The molecule has 0 fully saturated rings. The molecule has 1 aromatic carbocycles. The first-order valence-electron chi connectivity index (χ1n) is 4.43. The molecule has 74 valence electrons. The van der Waals surface area contributed by atoms with E-state index in [9.17, 15) is 4.39 Å². The van der Waals surface area contributed by atoms with Gasteiger partial charge in [0.25, 0.3) is 0 Å². The average molecular weight is 202 g/mol. The maximum atomic E-state index is 13.4. The number of nitrogens with two attached hydrogens (primary N) is 1. The lowest BCUT2D eigenvalue weighted by Gasteiger charge is -2.04. The minimum Gasteiger partial charge on any atom is -0.382 e. The van der Waals surface area contributed by atoms with Crippen LogP contribution in [-0.4, -0.2) is 14.4 Å². The van der Waals surface area contributed by atoms with Crippen molar-refractivity contribution in [3.63, 3.8) is 0 Å². The molecule has 0 aliphatic rings. The van der Waals surface area contributed by atoms with Gasteiger partial charge in [-0.05, 0) is 12.1 Å². The number of aromatic nitrogens is 3. The second kappa shape index (κ2) is 2.66. The summed E-state index contributed by atoms with van der Waals surface area (Å²) in [5, 5.41) is 0. The smallest absolute Gasteiger partial charge is 0.151 e. The van der Waals surface area contributed by atoms with Crippen molar-refractivity contribution in [2.75, 3.05) is 5.73 Å². The quantitative estimate of drug-likeness (QED) is 0.602. The Hall–Kier alpha value is -2.17. The van der Waals surface area contributed by atoms with E-state index < -0.39 is 0 Å². The summed E-state index contributed by atoms with van der Waals surface area (Å²) in [6.07, 6.45) is 3.20. The zero-order valence-corrected chi connectivity index (χ0v) is 7.68. The maximum absolute atomic E-state index is 13.4. The Morgan fingerprint density at radius 1 is 1.27 bits per heavy atom. The molecule has 0 unspecified atom stereocenters. The average Bonchev–Trinajstić information content (AvgIpc) is 2.69. The van der Waals surface area contributed by atoms with Crippen LogP contribution in [0.3, 0.4) is 0 Å². The molecule has 3 rings (SSSR count). The predicted octanol–water partition coefficient (Wildman–Crippen LogP) is 1.60. The van der Waals surface area contributed by atoms with E-state index in [0.717, 1.165) is 0 Å². The Balaban J connectivity index is 2.66. The van der Waals surface area contributed by atoms with Gasteiger partial charge in [-0.25, -0.2) is 14.4 Å². The van der Waals surface area contributed by atoms with E-state index in [1.165, 1.54) is 6.07 Å². The number of imidazole rings is 1. The molecule has 2 N–H and O–H groups in total. The maximum Gasteiger partial charge on any atom is 0.151 e. The summed E-state index contributed by atoms with van der Waals surface area (Å²) >= 11 is 0. The zero-order valence-electron chi connectivity index (χ0n) is 7.68. The van der Waals surface area contributed by atoms with E-state index in [0.29, 0.717) is 11.0 Å². The minimum atomic E-state index is -0.380. The number of nitrogens with zero attached hydrogens (tertiary/aromatic N) is 3. The van der Waals surface area contributed by atoms with Gasteiger partial charge in [0.15, 0.2) is 5.82 Å². The third-order valence-corrected chi connectivity index (χ3v) is 2.36. The van der Waals surface area contributed by atoms with Crippen LogP contribution in [0.2, 0.25) is 0 Å². The molecule has 0 atom stereocenters. The normalized spacial score (nSPS) is 11.3. The number of benzene rings is 1. The number of para-hydroxylation sites is 1. The van der Waals surface area contributed by atoms with Crippen LogP contribution < -0.4 is 5.73 Å². The van der Waals surface area contributed by atoms with Crippen molar-refractivity contribution in [3.8, 4) is 0 Å². The standard InChI is InChI=1S/C10H7FN4/c11-6-2-1-3-7-9(6)14-10(12)8-4-13-5-15(7)8/h1-5H,(H2,12,14). The molecular weight excluding hydrogens is 195 g/mol. The van der Waals surface area contributed by atoms with Gasteiger partial charge < -0.3 is 5.73 Å². The minimum absolute atomic E-state index is 0.264. The molecule has 0 saturated heterocycles. The lowest BCUT2D eigenvalue weighted by molar-refractivity contribution is 0.636. The lowest BCUT2D eigenvalue weighted by atomic mass is 10.3. The highest BCUT2D eigenvalue weighted by Gasteiger charge is 2.08. The van der Waals surface area contributed by atoms with Crippen molar-refractivity contribution in [2.24, 2.45) is 0 Å². The first kappa shape index (κ1) is 8.16. The van der Waals surface area contributed by atoms with Crippen LogP contribution in [0.5, 0.6) is 0 Å². The van der Waals surface area contributed by atoms with Crippen LogP contribution in [0.1, 0.15) is 0 Å². The summed E-state index contributed by atoms with van der Waals surface area (Å²) in [4.78, 5) is 7.98. The number of hydrogen-bond donors (Lipinski definition) is 1. The molecule has 4 nitrogen and oxygen atoms in total. The number of rotatable bonds is 0. The van der Waals surface area contributed by atoms with E-state index in [1.54, 1.807) is 29.1 Å². The summed E-state index contributed by atoms with van der Waals surface area (Å²) in [5.41, 5.74) is 7.31. The van der Waals surface area contributed by atoms with Gasteiger partial charge in [-0.15, -0.1) is 0 Å². The van der Waals surface area contributed by atoms with Gasteiger partial charge in [-0.3, -0.25) is 4.40 Å². The van der Waals surface area contributed by atoms with Crippen molar-refractivity contribution in [1.82, 2.24) is 14.4 Å². The molecule has 0 bridgehead atoms. The van der Waals surface area contributed by atoms with Crippen molar-refractivity contribution >= 4 is 22.4 Å². The van der Waals surface area contributed by atoms with Gasteiger partial charge in [0, 0.05) is 0 Å². The van der Waals surface area contributed by atoms with Gasteiger partial charge in [0.1, 0.15) is 16.9 Å². The third kappa shape index (κ3) is 0.999. The van der Waals surface area contributed by atoms with Crippen LogP contribution in [0.15, 0.2) is 30.7 Å². The first-order valence-corrected chi connectivity index (χ1v) is 4.43. The van der Waals surface area contributed by atoms with E-state index in [-0.39, 0.29) is 17.2 Å². The highest BCUT2D eigenvalue weighted by molar-refractivity contribution is 5.83. The molecule has 0 aliphatic carbocycles.